The van der Waals surface area contributed by atoms with Crippen molar-refractivity contribution in [1.82, 2.24) is 24.4 Å². The van der Waals surface area contributed by atoms with Crippen molar-refractivity contribution in [3.63, 3.8) is 0 Å². The summed E-state index contributed by atoms with van der Waals surface area (Å²) in [5, 5.41) is 15.1. The van der Waals surface area contributed by atoms with Crippen molar-refractivity contribution in [2.45, 2.75) is 13.0 Å². The number of β-amino-alcohol motifs (C(OH)–C–C–N with tert-alkyl or cyclic N) is 1. The smallest absolute Gasteiger partial charge is 0.283 e. The van der Waals surface area contributed by atoms with Gasteiger partial charge in [0.2, 0.25) is 11.9 Å². The quantitative estimate of drug-likeness (QED) is 0.278. The number of fused-ring (bicyclic) bond motifs is 1. The third kappa shape index (κ3) is 6.05. The molecule has 1 amide bonds. The number of piperazine rings is 1. The first-order valence-electron chi connectivity index (χ1n) is 12.9. The highest BCUT2D eigenvalue weighted by molar-refractivity contribution is 5.99. The highest BCUT2D eigenvalue weighted by Crippen LogP contribution is 2.29. The Labute approximate surface area is 233 Å². The van der Waals surface area contributed by atoms with Crippen LogP contribution in [0.25, 0.3) is 16.7 Å². The molecule has 0 spiro atoms. The van der Waals surface area contributed by atoms with Crippen LogP contribution in [0.15, 0.2) is 66.4 Å². The fourth-order valence-electron chi connectivity index (χ4n) is 4.66. The van der Waals surface area contributed by atoms with Gasteiger partial charge in [-0.1, -0.05) is 12.6 Å². The summed E-state index contributed by atoms with van der Waals surface area (Å²) in [6, 6.07) is 9.67. The largest absolute Gasteiger partial charge is 0.392 e. The second-order valence-corrected chi connectivity index (χ2v) is 9.62. The van der Waals surface area contributed by atoms with Crippen LogP contribution in [0.1, 0.15) is 6.92 Å². The maximum absolute atomic E-state index is 15.2. The number of aliphatic hydroxyl groups excluding tert-OH is 1. The molecular formula is C28H28F2N8O3. The lowest BCUT2D eigenvalue weighted by Crippen LogP contribution is -2.48. The van der Waals surface area contributed by atoms with Gasteiger partial charge in [-0.3, -0.25) is 19.1 Å². The second kappa shape index (κ2) is 11.8. The molecule has 0 unspecified atom stereocenters. The molecule has 2 aromatic heterocycles. The van der Waals surface area contributed by atoms with E-state index in [-0.39, 0.29) is 28.4 Å². The Hall–Kier alpha value is -4.75. The van der Waals surface area contributed by atoms with Gasteiger partial charge in [-0.15, -0.1) is 0 Å². The van der Waals surface area contributed by atoms with Crippen molar-refractivity contribution >= 4 is 40.0 Å². The average molecular weight is 563 g/mol. The van der Waals surface area contributed by atoms with Gasteiger partial charge in [0.15, 0.2) is 17.3 Å². The third-order valence-electron chi connectivity index (χ3n) is 6.64. The number of nitrogens with zero attached hydrogens (tertiary/aromatic N) is 6. The molecule has 5 rings (SSSR count). The Balaban J connectivity index is 1.42. The molecule has 0 bridgehead atoms. The maximum Gasteiger partial charge on any atom is 0.283 e. The molecule has 4 aromatic rings. The number of aliphatic hydroxyl groups is 1. The summed E-state index contributed by atoms with van der Waals surface area (Å²) in [6.07, 6.45) is 3.23. The Bertz CT molecular complexity index is 1670. The van der Waals surface area contributed by atoms with Crippen molar-refractivity contribution in [3.8, 4) is 5.69 Å². The first-order valence-corrected chi connectivity index (χ1v) is 12.9. The molecule has 0 aliphatic carbocycles. The standard InChI is InChI=1S/C28H28F2N8O3/c1-3-23(40)33-18-5-4-6-19(13-18)38-16-32-27(41)20-14-31-28(35-26(20)38)34-21-7-8-22(25(30)24(21)29)37-11-9-36(10-12-37)15-17(2)39/h3-8,13-14,16-17,39H,1,9-12,15H2,2H3,(H,33,40)(H,31,34,35)/t17-/m1/s1. The summed E-state index contributed by atoms with van der Waals surface area (Å²) in [5.41, 5.74) is 0.594. The summed E-state index contributed by atoms with van der Waals surface area (Å²) in [5.74, 6) is -2.54. The number of benzene rings is 2. The third-order valence-corrected chi connectivity index (χ3v) is 6.64. The monoisotopic (exact) mass is 562 g/mol. The zero-order chi connectivity index (χ0) is 29.1. The molecule has 13 heteroatoms. The van der Waals surface area contributed by atoms with E-state index in [4.69, 9.17) is 0 Å². The van der Waals surface area contributed by atoms with Crippen LogP contribution in [-0.2, 0) is 4.79 Å². The van der Waals surface area contributed by atoms with E-state index in [2.05, 4.69) is 37.1 Å². The van der Waals surface area contributed by atoms with E-state index >= 15 is 8.78 Å². The number of aromatic nitrogens is 4. The minimum absolute atomic E-state index is 0.0641. The van der Waals surface area contributed by atoms with Crippen LogP contribution in [0.2, 0.25) is 0 Å². The minimum Gasteiger partial charge on any atom is -0.392 e. The normalized spacial score (nSPS) is 14.6. The Morgan fingerprint density at radius 1 is 1.15 bits per heavy atom. The summed E-state index contributed by atoms with van der Waals surface area (Å²) in [6.45, 7) is 7.91. The van der Waals surface area contributed by atoms with Gasteiger partial charge in [0.25, 0.3) is 5.56 Å². The first kappa shape index (κ1) is 27.8. The second-order valence-electron chi connectivity index (χ2n) is 9.62. The number of anilines is 4. The number of halogens is 2. The molecule has 11 nitrogen and oxygen atoms in total. The number of carbonyl (C=O) groups excluding carboxylic acids is 1. The van der Waals surface area contributed by atoms with Gasteiger partial charge in [0.1, 0.15) is 11.7 Å². The van der Waals surface area contributed by atoms with Crippen molar-refractivity contribution in [1.29, 1.82) is 0 Å². The molecular weight excluding hydrogens is 534 g/mol. The number of nitrogens with one attached hydrogen (secondary N) is 2. The lowest BCUT2D eigenvalue weighted by atomic mass is 10.2. The van der Waals surface area contributed by atoms with Crippen molar-refractivity contribution in [2.24, 2.45) is 0 Å². The fourth-order valence-corrected chi connectivity index (χ4v) is 4.66. The van der Waals surface area contributed by atoms with Crippen LogP contribution >= 0.6 is 0 Å². The molecule has 212 valence electrons. The van der Waals surface area contributed by atoms with Gasteiger partial charge in [-0.05, 0) is 43.3 Å². The molecule has 3 heterocycles. The number of rotatable bonds is 8. The van der Waals surface area contributed by atoms with E-state index in [1.165, 1.54) is 29.2 Å². The molecule has 1 saturated heterocycles. The molecule has 3 N–H and O–H groups in total. The van der Waals surface area contributed by atoms with Gasteiger partial charge in [-0.25, -0.2) is 13.8 Å². The molecule has 1 atom stereocenters. The van der Waals surface area contributed by atoms with Gasteiger partial charge in [0, 0.05) is 44.6 Å². The number of hydrogen-bond donors (Lipinski definition) is 3. The summed E-state index contributed by atoms with van der Waals surface area (Å²) in [4.78, 5) is 40.4. The number of amides is 1. The van der Waals surface area contributed by atoms with E-state index in [0.717, 1.165) is 6.08 Å². The molecule has 1 fully saturated rings. The number of carbonyl (C=O) groups is 1. The molecule has 2 aromatic carbocycles. The highest BCUT2D eigenvalue weighted by atomic mass is 19.2. The minimum atomic E-state index is -1.09. The van der Waals surface area contributed by atoms with E-state index in [1.807, 2.05) is 0 Å². The molecule has 41 heavy (non-hydrogen) atoms. The Morgan fingerprint density at radius 3 is 2.66 bits per heavy atom. The molecule has 1 aliphatic heterocycles. The fraction of sp³-hybridized carbons (Fsp3) is 0.250. The van der Waals surface area contributed by atoms with E-state index < -0.39 is 29.2 Å². The SMILES string of the molecule is C=CC(=O)Nc1cccc(-n2cnc(=O)c3cnc(Nc4ccc(N5CCN(C[C@@H](C)O)CC5)c(F)c4F)nc32)c1. The van der Waals surface area contributed by atoms with Crippen LogP contribution < -0.4 is 21.1 Å². The van der Waals surface area contributed by atoms with E-state index in [1.54, 1.807) is 36.1 Å². The van der Waals surface area contributed by atoms with Gasteiger partial charge in [-0.2, -0.15) is 9.97 Å². The van der Waals surface area contributed by atoms with Crippen LogP contribution in [-0.4, -0.2) is 74.3 Å². The van der Waals surface area contributed by atoms with Crippen molar-refractivity contribution < 1.29 is 18.7 Å². The van der Waals surface area contributed by atoms with Gasteiger partial charge >= 0.3 is 0 Å². The van der Waals surface area contributed by atoms with Crippen LogP contribution in [0, 0.1) is 11.6 Å². The molecule has 0 radical (unpaired) electrons. The van der Waals surface area contributed by atoms with Gasteiger partial charge < -0.3 is 20.6 Å². The van der Waals surface area contributed by atoms with Crippen LogP contribution in [0.5, 0.6) is 0 Å². The summed E-state index contributed by atoms with van der Waals surface area (Å²) < 4.78 is 31.9. The van der Waals surface area contributed by atoms with Crippen molar-refractivity contribution in [2.75, 3.05) is 48.3 Å². The van der Waals surface area contributed by atoms with Crippen molar-refractivity contribution in [3.05, 3.63) is 83.6 Å². The zero-order valence-electron chi connectivity index (χ0n) is 22.2. The Morgan fingerprint density at radius 2 is 1.93 bits per heavy atom. The van der Waals surface area contributed by atoms with E-state index in [9.17, 15) is 14.7 Å². The topological polar surface area (TPSA) is 129 Å². The van der Waals surface area contributed by atoms with Crippen LogP contribution in [0.4, 0.5) is 31.8 Å². The van der Waals surface area contributed by atoms with Gasteiger partial charge in [0.05, 0.1) is 23.2 Å². The van der Waals surface area contributed by atoms with E-state index in [0.29, 0.717) is 44.1 Å². The number of hydrogen-bond acceptors (Lipinski definition) is 9. The lowest BCUT2D eigenvalue weighted by Gasteiger charge is -2.36. The molecule has 1 aliphatic rings. The predicted octanol–water partition coefficient (Wildman–Crippen LogP) is 2.82. The average Bonchev–Trinajstić information content (AvgIpc) is 2.96. The maximum atomic E-state index is 15.2. The predicted molar refractivity (Wildman–Crippen MR) is 152 cm³/mol. The Kier molecular flexibility index (Phi) is 7.99. The summed E-state index contributed by atoms with van der Waals surface area (Å²) in [7, 11) is 0. The highest BCUT2D eigenvalue weighted by Gasteiger charge is 2.23. The summed E-state index contributed by atoms with van der Waals surface area (Å²) >= 11 is 0. The molecule has 0 saturated carbocycles. The van der Waals surface area contributed by atoms with Crippen LogP contribution in [0.3, 0.4) is 0 Å². The first-order chi connectivity index (χ1) is 19.7. The zero-order valence-corrected chi connectivity index (χ0v) is 22.2. The lowest BCUT2D eigenvalue weighted by molar-refractivity contribution is -0.111.